The van der Waals surface area contributed by atoms with Gasteiger partial charge in [0.25, 0.3) is 0 Å². The Morgan fingerprint density at radius 2 is 2.05 bits per heavy atom. The van der Waals surface area contributed by atoms with E-state index in [-0.39, 0.29) is 5.60 Å². The Bertz CT molecular complexity index is 423. The topological polar surface area (TPSA) is 21.3 Å². The van der Waals surface area contributed by atoms with E-state index < -0.39 is 0 Å². The number of rotatable bonds is 2. The zero-order chi connectivity index (χ0) is 13.1. The summed E-state index contributed by atoms with van der Waals surface area (Å²) in [6, 6.07) is 8.53. The second-order valence-corrected chi connectivity index (χ2v) is 6.37. The van der Waals surface area contributed by atoms with Gasteiger partial charge >= 0.3 is 0 Å². The summed E-state index contributed by atoms with van der Waals surface area (Å²) < 4.78 is 6.13. The summed E-state index contributed by atoms with van der Waals surface area (Å²) in [6.45, 7) is 0.887. The molecule has 1 saturated heterocycles. The van der Waals surface area contributed by atoms with Crippen LogP contribution in [0.25, 0.3) is 0 Å². The average Bonchev–Trinajstić information content (AvgIpc) is 2.40. The maximum Gasteiger partial charge on any atom is 0.0702 e. The van der Waals surface area contributed by atoms with Crippen molar-refractivity contribution in [3.8, 4) is 0 Å². The van der Waals surface area contributed by atoms with E-state index in [2.05, 4.69) is 11.4 Å². The SMILES string of the molecule is Clc1cccc(NC2CCOC3(CCCCC3)C2)c1. The summed E-state index contributed by atoms with van der Waals surface area (Å²) in [4.78, 5) is 0. The van der Waals surface area contributed by atoms with E-state index in [4.69, 9.17) is 16.3 Å². The van der Waals surface area contributed by atoms with Crippen molar-refractivity contribution in [3.63, 3.8) is 0 Å². The molecule has 1 spiro atoms. The van der Waals surface area contributed by atoms with Crippen LogP contribution < -0.4 is 5.32 Å². The molecule has 2 fully saturated rings. The molecule has 0 bridgehead atoms. The Kier molecular flexibility index (Phi) is 3.99. The highest BCUT2D eigenvalue weighted by Gasteiger charge is 2.38. The minimum absolute atomic E-state index is 0.159. The molecule has 2 aliphatic rings. The molecule has 0 radical (unpaired) electrons. The minimum Gasteiger partial charge on any atom is -0.382 e. The quantitative estimate of drug-likeness (QED) is 0.852. The highest BCUT2D eigenvalue weighted by Crippen LogP contribution is 2.39. The second-order valence-electron chi connectivity index (χ2n) is 5.94. The van der Waals surface area contributed by atoms with E-state index in [0.717, 1.165) is 30.2 Å². The Morgan fingerprint density at radius 1 is 1.21 bits per heavy atom. The van der Waals surface area contributed by atoms with E-state index in [1.807, 2.05) is 18.2 Å². The largest absolute Gasteiger partial charge is 0.382 e. The molecule has 1 unspecified atom stereocenters. The average molecular weight is 280 g/mol. The summed E-state index contributed by atoms with van der Waals surface area (Å²) in [5, 5.41) is 4.42. The zero-order valence-corrected chi connectivity index (χ0v) is 12.1. The molecule has 0 amide bonds. The highest BCUT2D eigenvalue weighted by atomic mass is 35.5. The van der Waals surface area contributed by atoms with Crippen molar-refractivity contribution in [2.24, 2.45) is 0 Å². The number of benzene rings is 1. The first kappa shape index (κ1) is 13.3. The summed E-state index contributed by atoms with van der Waals surface area (Å²) in [5.74, 6) is 0. The molecule has 1 aromatic rings. The number of anilines is 1. The molecule has 0 aromatic heterocycles. The van der Waals surface area contributed by atoms with Crippen LogP contribution in [-0.2, 0) is 4.74 Å². The summed E-state index contributed by atoms with van der Waals surface area (Å²) >= 11 is 6.04. The van der Waals surface area contributed by atoms with Crippen LogP contribution in [0.5, 0.6) is 0 Å². The third-order valence-corrected chi connectivity index (χ3v) is 4.69. The molecular formula is C16H22ClNO. The first-order valence-corrected chi connectivity index (χ1v) is 7.80. The van der Waals surface area contributed by atoms with Gasteiger partial charge in [0.05, 0.1) is 5.60 Å². The molecule has 1 aromatic carbocycles. The lowest BCUT2D eigenvalue weighted by Gasteiger charge is -2.44. The molecule has 19 heavy (non-hydrogen) atoms. The van der Waals surface area contributed by atoms with Crippen molar-refractivity contribution in [2.75, 3.05) is 11.9 Å². The third kappa shape index (κ3) is 3.24. The van der Waals surface area contributed by atoms with E-state index in [1.165, 1.54) is 32.1 Å². The van der Waals surface area contributed by atoms with E-state index in [0.29, 0.717) is 6.04 Å². The smallest absolute Gasteiger partial charge is 0.0702 e. The van der Waals surface area contributed by atoms with Gasteiger partial charge in [0.1, 0.15) is 0 Å². The van der Waals surface area contributed by atoms with Crippen molar-refractivity contribution in [2.45, 2.75) is 56.6 Å². The Labute approximate surface area is 120 Å². The Hall–Kier alpha value is -0.730. The van der Waals surface area contributed by atoms with Crippen LogP contribution in [0.15, 0.2) is 24.3 Å². The van der Waals surface area contributed by atoms with E-state index in [1.54, 1.807) is 0 Å². The molecular weight excluding hydrogens is 258 g/mol. The molecule has 1 aliphatic carbocycles. The lowest BCUT2D eigenvalue weighted by atomic mass is 9.78. The minimum atomic E-state index is 0.159. The van der Waals surface area contributed by atoms with Crippen LogP contribution in [-0.4, -0.2) is 18.2 Å². The van der Waals surface area contributed by atoms with Crippen molar-refractivity contribution in [1.82, 2.24) is 0 Å². The third-order valence-electron chi connectivity index (χ3n) is 4.45. The standard InChI is InChI=1S/C16H22ClNO/c17-13-5-4-6-14(11-13)18-15-7-10-19-16(12-15)8-2-1-3-9-16/h4-6,11,15,18H,1-3,7-10,12H2. The maximum absolute atomic E-state index is 6.13. The summed E-state index contributed by atoms with van der Waals surface area (Å²) in [7, 11) is 0. The van der Waals surface area contributed by atoms with Gasteiger partial charge in [-0.15, -0.1) is 0 Å². The van der Waals surface area contributed by atoms with Gasteiger partial charge in [0.15, 0.2) is 0 Å². The summed E-state index contributed by atoms with van der Waals surface area (Å²) in [6.07, 6.45) is 8.72. The predicted octanol–water partition coefficient (Wildman–Crippen LogP) is 4.63. The molecule has 1 heterocycles. The Morgan fingerprint density at radius 3 is 2.84 bits per heavy atom. The highest BCUT2D eigenvalue weighted by molar-refractivity contribution is 6.30. The van der Waals surface area contributed by atoms with Gasteiger partial charge in [-0.1, -0.05) is 36.9 Å². The van der Waals surface area contributed by atoms with E-state index >= 15 is 0 Å². The van der Waals surface area contributed by atoms with Crippen LogP contribution >= 0.6 is 11.6 Å². The van der Waals surface area contributed by atoms with Gasteiger partial charge in [-0.3, -0.25) is 0 Å². The summed E-state index contributed by atoms with van der Waals surface area (Å²) in [5.41, 5.74) is 1.29. The van der Waals surface area contributed by atoms with Crippen LogP contribution in [0.1, 0.15) is 44.9 Å². The van der Waals surface area contributed by atoms with Crippen molar-refractivity contribution in [3.05, 3.63) is 29.3 Å². The van der Waals surface area contributed by atoms with Crippen molar-refractivity contribution < 1.29 is 4.74 Å². The molecule has 1 saturated carbocycles. The monoisotopic (exact) mass is 279 g/mol. The zero-order valence-electron chi connectivity index (χ0n) is 11.3. The second kappa shape index (κ2) is 5.72. The van der Waals surface area contributed by atoms with Crippen LogP contribution in [0.3, 0.4) is 0 Å². The number of nitrogens with one attached hydrogen (secondary N) is 1. The number of halogens is 1. The molecule has 1 N–H and O–H groups in total. The molecule has 3 rings (SSSR count). The predicted molar refractivity (Wildman–Crippen MR) is 79.9 cm³/mol. The first-order chi connectivity index (χ1) is 9.26. The maximum atomic E-state index is 6.13. The van der Waals surface area contributed by atoms with Crippen molar-refractivity contribution in [1.29, 1.82) is 0 Å². The van der Waals surface area contributed by atoms with Gasteiger partial charge in [-0.25, -0.2) is 0 Å². The van der Waals surface area contributed by atoms with Crippen molar-refractivity contribution >= 4 is 17.3 Å². The fraction of sp³-hybridized carbons (Fsp3) is 0.625. The fourth-order valence-electron chi connectivity index (χ4n) is 3.51. The number of hydrogen-bond acceptors (Lipinski definition) is 2. The van der Waals surface area contributed by atoms with Gasteiger partial charge in [-0.05, 0) is 43.9 Å². The normalized spacial score (nSPS) is 26.3. The first-order valence-electron chi connectivity index (χ1n) is 7.42. The molecule has 1 atom stereocenters. The van der Waals surface area contributed by atoms with Gasteiger partial charge in [-0.2, -0.15) is 0 Å². The molecule has 3 heteroatoms. The lowest BCUT2D eigenvalue weighted by molar-refractivity contribution is -0.103. The van der Waals surface area contributed by atoms with Crippen LogP contribution in [0.4, 0.5) is 5.69 Å². The lowest BCUT2D eigenvalue weighted by Crippen LogP contribution is -2.45. The Balaban J connectivity index is 1.65. The number of hydrogen-bond donors (Lipinski definition) is 1. The van der Waals surface area contributed by atoms with Gasteiger partial charge < -0.3 is 10.1 Å². The van der Waals surface area contributed by atoms with Gasteiger partial charge in [0.2, 0.25) is 0 Å². The van der Waals surface area contributed by atoms with E-state index in [9.17, 15) is 0 Å². The molecule has 104 valence electrons. The van der Waals surface area contributed by atoms with Crippen LogP contribution in [0.2, 0.25) is 5.02 Å². The van der Waals surface area contributed by atoms with Gasteiger partial charge in [0, 0.05) is 23.4 Å². The molecule has 2 nitrogen and oxygen atoms in total. The number of ether oxygens (including phenoxy) is 1. The fourth-order valence-corrected chi connectivity index (χ4v) is 3.70. The molecule has 1 aliphatic heterocycles. The van der Waals surface area contributed by atoms with Crippen LogP contribution in [0, 0.1) is 0 Å².